The molecule has 1 aliphatic heterocycles. The van der Waals surface area contributed by atoms with Gasteiger partial charge in [-0.2, -0.15) is 0 Å². The summed E-state index contributed by atoms with van der Waals surface area (Å²) in [5.41, 5.74) is 2.59. The fourth-order valence-corrected chi connectivity index (χ4v) is 3.57. The molecule has 1 amide bonds. The molecule has 7 heteroatoms. The number of aromatic amines is 1. The van der Waals surface area contributed by atoms with Crippen molar-refractivity contribution in [1.29, 1.82) is 0 Å². The van der Waals surface area contributed by atoms with Gasteiger partial charge in [0.2, 0.25) is 0 Å². The van der Waals surface area contributed by atoms with E-state index >= 15 is 0 Å². The Kier molecular flexibility index (Phi) is 4.51. The molecule has 0 radical (unpaired) electrons. The van der Waals surface area contributed by atoms with Crippen LogP contribution < -0.4 is 0 Å². The first-order valence-corrected chi connectivity index (χ1v) is 8.94. The number of carbonyl (C=O) groups excluding carboxylic acids is 1. The third-order valence-electron chi connectivity index (χ3n) is 5.02. The van der Waals surface area contributed by atoms with Crippen molar-refractivity contribution in [3.63, 3.8) is 0 Å². The van der Waals surface area contributed by atoms with Crippen molar-refractivity contribution in [3.05, 3.63) is 60.2 Å². The molecule has 0 bridgehead atoms. The highest BCUT2D eigenvalue weighted by molar-refractivity contribution is 5.98. The van der Waals surface area contributed by atoms with E-state index in [0.717, 1.165) is 49.4 Å². The number of carbonyl (C=O) groups is 1. The summed E-state index contributed by atoms with van der Waals surface area (Å²) in [5.74, 6) is 1.68. The summed E-state index contributed by atoms with van der Waals surface area (Å²) in [7, 11) is 0. The Labute approximate surface area is 152 Å². The molecule has 1 aliphatic rings. The van der Waals surface area contributed by atoms with Crippen molar-refractivity contribution in [2.45, 2.75) is 26.2 Å². The smallest absolute Gasteiger partial charge is 0.255 e. The van der Waals surface area contributed by atoms with Crippen LogP contribution in [0.2, 0.25) is 0 Å². The molecule has 0 saturated carbocycles. The lowest BCUT2D eigenvalue weighted by atomic mass is 9.92. The monoisotopic (exact) mass is 350 g/mol. The molecule has 1 saturated heterocycles. The average Bonchev–Trinajstić information content (AvgIpc) is 3.36. The molecule has 0 aliphatic carbocycles. The summed E-state index contributed by atoms with van der Waals surface area (Å²) < 4.78 is 1.79. The Balaban J connectivity index is 1.48. The number of benzene rings is 1. The highest BCUT2D eigenvalue weighted by atomic mass is 16.2. The predicted molar refractivity (Wildman–Crippen MR) is 97.0 cm³/mol. The summed E-state index contributed by atoms with van der Waals surface area (Å²) >= 11 is 0. The van der Waals surface area contributed by atoms with Gasteiger partial charge in [0.15, 0.2) is 0 Å². The summed E-state index contributed by atoms with van der Waals surface area (Å²) in [4.78, 5) is 22.6. The second-order valence-electron chi connectivity index (χ2n) is 6.87. The van der Waals surface area contributed by atoms with Gasteiger partial charge in [0.25, 0.3) is 5.91 Å². The Morgan fingerprint density at radius 3 is 2.69 bits per heavy atom. The van der Waals surface area contributed by atoms with E-state index in [0.29, 0.717) is 11.5 Å². The van der Waals surface area contributed by atoms with Gasteiger partial charge in [-0.05, 0) is 37.8 Å². The van der Waals surface area contributed by atoms with Crippen LogP contribution in [0, 0.1) is 12.8 Å². The Morgan fingerprint density at radius 1 is 1.23 bits per heavy atom. The van der Waals surface area contributed by atoms with E-state index in [1.54, 1.807) is 23.4 Å². The van der Waals surface area contributed by atoms with Crippen LogP contribution in [-0.2, 0) is 6.42 Å². The number of hydrogen-bond donors (Lipinski definition) is 1. The van der Waals surface area contributed by atoms with Crippen molar-refractivity contribution < 1.29 is 4.79 Å². The number of aromatic nitrogens is 5. The second kappa shape index (κ2) is 7.11. The topological polar surface area (TPSA) is 79.7 Å². The number of aryl methyl sites for hydroxylation is 1. The molecule has 0 atom stereocenters. The second-order valence-corrected chi connectivity index (χ2v) is 6.87. The third-order valence-corrected chi connectivity index (χ3v) is 5.02. The number of imidazole rings is 1. The van der Waals surface area contributed by atoms with Crippen LogP contribution in [0.5, 0.6) is 0 Å². The van der Waals surface area contributed by atoms with E-state index in [9.17, 15) is 4.79 Å². The van der Waals surface area contributed by atoms with Gasteiger partial charge in [0, 0.05) is 31.9 Å². The van der Waals surface area contributed by atoms with Gasteiger partial charge in [-0.15, -0.1) is 10.2 Å². The van der Waals surface area contributed by atoms with Gasteiger partial charge in [0.05, 0.1) is 11.3 Å². The fourth-order valence-electron chi connectivity index (χ4n) is 3.57. The van der Waals surface area contributed by atoms with E-state index < -0.39 is 0 Å². The number of piperidine rings is 1. The average molecular weight is 350 g/mol. The number of nitrogens with zero attached hydrogens (tertiary/aromatic N) is 5. The highest BCUT2D eigenvalue weighted by Crippen LogP contribution is 2.24. The van der Waals surface area contributed by atoms with E-state index in [2.05, 4.69) is 20.2 Å². The summed E-state index contributed by atoms with van der Waals surface area (Å²) in [6.07, 6.45) is 9.84. The van der Waals surface area contributed by atoms with E-state index in [1.807, 2.05) is 36.2 Å². The maximum Gasteiger partial charge on any atom is 0.255 e. The third kappa shape index (κ3) is 3.37. The molecule has 1 aromatic carbocycles. The van der Waals surface area contributed by atoms with Crippen LogP contribution >= 0.6 is 0 Å². The van der Waals surface area contributed by atoms with Crippen LogP contribution in [0.1, 0.15) is 34.6 Å². The summed E-state index contributed by atoms with van der Waals surface area (Å²) in [5, 5.41) is 7.72. The van der Waals surface area contributed by atoms with Gasteiger partial charge in [0.1, 0.15) is 18.5 Å². The Morgan fingerprint density at radius 2 is 2.00 bits per heavy atom. The number of rotatable bonds is 4. The minimum Gasteiger partial charge on any atom is -0.349 e. The van der Waals surface area contributed by atoms with Gasteiger partial charge >= 0.3 is 0 Å². The van der Waals surface area contributed by atoms with Crippen LogP contribution in [-0.4, -0.2) is 48.6 Å². The molecule has 134 valence electrons. The van der Waals surface area contributed by atoms with E-state index in [-0.39, 0.29) is 5.91 Å². The summed E-state index contributed by atoms with van der Waals surface area (Å²) in [6, 6.07) is 5.91. The minimum atomic E-state index is 0.0776. The summed E-state index contributed by atoms with van der Waals surface area (Å²) in [6.45, 7) is 3.56. The van der Waals surface area contributed by atoms with Gasteiger partial charge in [-0.3, -0.25) is 9.36 Å². The first-order chi connectivity index (χ1) is 12.7. The van der Waals surface area contributed by atoms with Gasteiger partial charge < -0.3 is 9.88 Å². The zero-order valence-electron chi connectivity index (χ0n) is 14.8. The molecule has 26 heavy (non-hydrogen) atoms. The molecule has 0 unspecified atom stereocenters. The van der Waals surface area contributed by atoms with Crippen LogP contribution in [0.3, 0.4) is 0 Å². The molecule has 3 aromatic rings. The van der Waals surface area contributed by atoms with Crippen LogP contribution in [0.25, 0.3) is 5.69 Å². The predicted octanol–water partition coefficient (Wildman–Crippen LogP) is 2.39. The highest BCUT2D eigenvalue weighted by Gasteiger charge is 2.26. The van der Waals surface area contributed by atoms with Gasteiger partial charge in [-0.25, -0.2) is 4.98 Å². The number of amides is 1. The Bertz CT molecular complexity index is 864. The van der Waals surface area contributed by atoms with E-state index in [4.69, 9.17) is 0 Å². The van der Waals surface area contributed by atoms with Gasteiger partial charge in [-0.1, -0.05) is 11.6 Å². The standard InChI is InChI=1S/C19H22N6O/c1-14-2-3-17(25-12-22-23-13-25)16(10-14)19(26)24-8-4-15(5-9-24)11-18-20-6-7-21-18/h2-3,6-7,10,12-13,15H,4-5,8-9,11H2,1H3,(H,20,21). The maximum atomic E-state index is 13.1. The van der Waals surface area contributed by atoms with Crippen molar-refractivity contribution >= 4 is 5.91 Å². The SMILES string of the molecule is Cc1ccc(-n2cnnc2)c(C(=O)N2CCC(Cc3ncc[nH]3)CC2)c1. The molecule has 4 rings (SSSR count). The minimum absolute atomic E-state index is 0.0776. The van der Waals surface area contributed by atoms with Crippen molar-refractivity contribution in [2.75, 3.05) is 13.1 Å². The van der Waals surface area contributed by atoms with Crippen molar-refractivity contribution in [3.8, 4) is 5.69 Å². The molecule has 1 N–H and O–H groups in total. The molecule has 2 aromatic heterocycles. The van der Waals surface area contributed by atoms with Crippen LogP contribution in [0.15, 0.2) is 43.2 Å². The van der Waals surface area contributed by atoms with E-state index in [1.165, 1.54) is 0 Å². The number of likely N-dealkylation sites (tertiary alicyclic amines) is 1. The fraction of sp³-hybridized carbons (Fsp3) is 0.368. The molecule has 0 spiro atoms. The lowest BCUT2D eigenvalue weighted by Gasteiger charge is -2.32. The lowest BCUT2D eigenvalue weighted by Crippen LogP contribution is -2.39. The molecule has 7 nitrogen and oxygen atoms in total. The quantitative estimate of drug-likeness (QED) is 0.783. The zero-order chi connectivity index (χ0) is 17.9. The molecular weight excluding hydrogens is 328 g/mol. The maximum absolute atomic E-state index is 13.1. The lowest BCUT2D eigenvalue weighted by molar-refractivity contribution is 0.0690. The van der Waals surface area contributed by atoms with Crippen LogP contribution in [0.4, 0.5) is 0 Å². The first kappa shape index (κ1) is 16.5. The largest absolute Gasteiger partial charge is 0.349 e. The van der Waals surface area contributed by atoms with Crippen molar-refractivity contribution in [2.24, 2.45) is 5.92 Å². The number of hydrogen-bond acceptors (Lipinski definition) is 4. The number of H-pyrrole nitrogens is 1. The molecule has 1 fully saturated rings. The van der Waals surface area contributed by atoms with Crippen molar-refractivity contribution in [1.82, 2.24) is 29.6 Å². The molecular formula is C19H22N6O. The Hall–Kier alpha value is -2.96. The normalized spacial score (nSPS) is 15.3. The molecule has 3 heterocycles. The zero-order valence-corrected chi connectivity index (χ0v) is 14.8. The number of nitrogens with one attached hydrogen (secondary N) is 1. The first-order valence-electron chi connectivity index (χ1n) is 8.94.